The van der Waals surface area contributed by atoms with Crippen molar-refractivity contribution < 1.29 is 5.11 Å². The molecule has 62 valence electrons. The highest BCUT2D eigenvalue weighted by molar-refractivity contribution is 7.11. The van der Waals surface area contributed by atoms with E-state index in [1.807, 2.05) is 6.92 Å². The Bertz CT molecular complexity index is 232. The van der Waals surface area contributed by atoms with Crippen molar-refractivity contribution in [2.75, 3.05) is 0 Å². The maximum absolute atomic E-state index is 8.87. The Labute approximate surface area is 70.9 Å². The molecule has 1 rings (SSSR count). The first-order valence-corrected chi connectivity index (χ1v) is 4.65. The first-order chi connectivity index (χ1) is 5.27. The number of hydrogen-bond donors (Lipinski definition) is 1. The van der Waals surface area contributed by atoms with Crippen molar-refractivity contribution in [1.82, 2.24) is 4.98 Å². The van der Waals surface area contributed by atoms with Gasteiger partial charge in [0.1, 0.15) is 0 Å². The Hall–Kier alpha value is -0.410. The second-order valence-electron chi connectivity index (χ2n) is 2.52. The normalized spacial score (nSPS) is 10.5. The van der Waals surface area contributed by atoms with Gasteiger partial charge in [0.25, 0.3) is 0 Å². The van der Waals surface area contributed by atoms with E-state index in [2.05, 4.69) is 11.9 Å². The largest absolute Gasteiger partial charge is 0.391 e. The molecule has 1 N–H and O–H groups in total. The summed E-state index contributed by atoms with van der Waals surface area (Å²) in [7, 11) is 0. The molecule has 0 amide bonds. The molecule has 0 aliphatic heterocycles. The topological polar surface area (TPSA) is 33.1 Å². The van der Waals surface area contributed by atoms with Crippen LogP contribution in [0.2, 0.25) is 0 Å². The number of aryl methyl sites for hydroxylation is 2. The highest BCUT2D eigenvalue weighted by atomic mass is 32.1. The number of aliphatic hydroxyl groups is 1. The molecule has 0 aliphatic carbocycles. The van der Waals surface area contributed by atoms with Gasteiger partial charge in [-0.1, -0.05) is 6.92 Å². The minimum absolute atomic E-state index is 0.132. The molecular weight excluding hydrogens is 158 g/mol. The van der Waals surface area contributed by atoms with Crippen LogP contribution >= 0.6 is 11.3 Å². The molecule has 0 radical (unpaired) electrons. The third-order valence-corrected chi connectivity index (χ3v) is 2.75. The van der Waals surface area contributed by atoms with E-state index in [9.17, 15) is 0 Å². The lowest BCUT2D eigenvalue weighted by molar-refractivity contribution is 0.284. The van der Waals surface area contributed by atoms with Crippen molar-refractivity contribution in [3.05, 3.63) is 15.6 Å². The quantitative estimate of drug-likeness (QED) is 0.753. The average Bonchev–Trinajstić information content (AvgIpc) is 2.32. The zero-order chi connectivity index (χ0) is 8.27. The molecule has 1 heterocycles. The molecule has 2 nitrogen and oxygen atoms in total. The number of rotatable bonds is 3. The van der Waals surface area contributed by atoms with Gasteiger partial charge in [0.15, 0.2) is 0 Å². The summed E-state index contributed by atoms with van der Waals surface area (Å²) in [5, 5.41) is 10.0. The maximum Gasteiger partial charge on any atom is 0.0931 e. The Morgan fingerprint density at radius 2 is 2.27 bits per heavy atom. The lowest BCUT2D eigenvalue weighted by Gasteiger charge is -1.86. The molecule has 0 aromatic carbocycles. The Kier molecular flexibility index (Phi) is 3.02. The molecule has 0 aliphatic rings. The third-order valence-electron chi connectivity index (χ3n) is 1.54. The molecule has 1 aromatic heterocycles. The van der Waals surface area contributed by atoms with Crippen LogP contribution in [0, 0.1) is 6.92 Å². The van der Waals surface area contributed by atoms with Gasteiger partial charge in [-0.15, -0.1) is 11.3 Å². The number of aliphatic hydroxyl groups excluding tert-OH is 1. The molecule has 0 fully saturated rings. The van der Waals surface area contributed by atoms with Crippen LogP contribution in [0.25, 0.3) is 0 Å². The first-order valence-electron chi connectivity index (χ1n) is 3.84. The molecular formula is C8H13NOS. The average molecular weight is 171 g/mol. The van der Waals surface area contributed by atoms with E-state index >= 15 is 0 Å². The highest BCUT2D eigenvalue weighted by Gasteiger charge is 2.04. The van der Waals surface area contributed by atoms with Crippen LogP contribution in [-0.4, -0.2) is 10.1 Å². The SMILES string of the molecule is CCCc1nc(C)c(CO)s1. The third kappa shape index (κ3) is 2.01. The molecule has 0 saturated carbocycles. The van der Waals surface area contributed by atoms with Crippen LogP contribution < -0.4 is 0 Å². The maximum atomic E-state index is 8.87. The molecule has 0 unspecified atom stereocenters. The van der Waals surface area contributed by atoms with Crippen molar-refractivity contribution in [2.24, 2.45) is 0 Å². The van der Waals surface area contributed by atoms with Crippen LogP contribution in [-0.2, 0) is 13.0 Å². The van der Waals surface area contributed by atoms with Crippen molar-refractivity contribution in [3.63, 3.8) is 0 Å². The molecule has 11 heavy (non-hydrogen) atoms. The summed E-state index contributed by atoms with van der Waals surface area (Å²) in [6.45, 7) is 4.21. The second kappa shape index (κ2) is 3.83. The Balaban J connectivity index is 2.77. The van der Waals surface area contributed by atoms with Gasteiger partial charge < -0.3 is 5.11 Å². The van der Waals surface area contributed by atoms with Gasteiger partial charge in [-0.2, -0.15) is 0 Å². The van der Waals surface area contributed by atoms with E-state index in [1.54, 1.807) is 11.3 Å². The minimum Gasteiger partial charge on any atom is -0.391 e. The molecule has 0 spiro atoms. The van der Waals surface area contributed by atoms with Crippen LogP contribution in [0.15, 0.2) is 0 Å². The first kappa shape index (κ1) is 8.68. The predicted octanol–water partition coefficient (Wildman–Crippen LogP) is 1.90. The molecule has 0 atom stereocenters. The van der Waals surface area contributed by atoms with Crippen molar-refractivity contribution in [3.8, 4) is 0 Å². The lowest BCUT2D eigenvalue weighted by Crippen LogP contribution is -1.82. The van der Waals surface area contributed by atoms with E-state index in [0.717, 1.165) is 28.4 Å². The Morgan fingerprint density at radius 1 is 1.55 bits per heavy atom. The minimum atomic E-state index is 0.132. The number of aromatic nitrogens is 1. The lowest BCUT2D eigenvalue weighted by atomic mass is 10.3. The zero-order valence-electron chi connectivity index (χ0n) is 6.92. The van der Waals surface area contributed by atoms with Gasteiger partial charge in [0.2, 0.25) is 0 Å². The monoisotopic (exact) mass is 171 g/mol. The Morgan fingerprint density at radius 3 is 2.73 bits per heavy atom. The van der Waals surface area contributed by atoms with E-state index in [1.165, 1.54) is 0 Å². The van der Waals surface area contributed by atoms with Crippen LogP contribution in [0.4, 0.5) is 0 Å². The fourth-order valence-electron chi connectivity index (χ4n) is 0.956. The highest BCUT2D eigenvalue weighted by Crippen LogP contribution is 2.18. The second-order valence-corrected chi connectivity index (χ2v) is 3.69. The van der Waals surface area contributed by atoms with Crippen molar-refractivity contribution in [1.29, 1.82) is 0 Å². The molecule has 0 saturated heterocycles. The van der Waals surface area contributed by atoms with Crippen LogP contribution in [0.5, 0.6) is 0 Å². The van der Waals surface area contributed by atoms with Gasteiger partial charge in [-0.3, -0.25) is 0 Å². The summed E-state index contributed by atoms with van der Waals surface area (Å²) in [6, 6.07) is 0. The fourth-order valence-corrected chi connectivity index (χ4v) is 1.99. The summed E-state index contributed by atoms with van der Waals surface area (Å²) in [5.41, 5.74) is 0.987. The summed E-state index contributed by atoms with van der Waals surface area (Å²) >= 11 is 1.62. The predicted molar refractivity (Wildman–Crippen MR) is 46.8 cm³/mol. The van der Waals surface area contributed by atoms with E-state index in [-0.39, 0.29) is 6.61 Å². The summed E-state index contributed by atoms with van der Waals surface area (Å²) in [5.74, 6) is 0. The zero-order valence-corrected chi connectivity index (χ0v) is 7.74. The van der Waals surface area contributed by atoms with Crippen LogP contribution in [0.3, 0.4) is 0 Å². The number of thiazole rings is 1. The number of nitrogens with zero attached hydrogens (tertiary/aromatic N) is 1. The van der Waals surface area contributed by atoms with E-state index in [4.69, 9.17) is 5.11 Å². The summed E-state index contributed by atoms with van der Waals surface area (Å²) in [6.07, 6.45) is 2.16. The van der Waals surface area contributed by atoms with Gasteiger partial charge in [-0.05, 0) is 19.8 Å². The van der Waals surface area contributed by atoms with Gasteiger partial charge in [-0.25, -0.2) is 4.98 Å². The fraction of sp³-hybridized carbons (Fsp3) is 0.625. The van der Waals surface area contributed by atoms with Crippen molar-refractivity contribution >= 4 is 11.3 Å². The number of hydrogen-bond acceptors (Lipinski definition) is 3. The van der Waals surface area contributed by atoms with E-state index < -0.39 is 0 Å². The van der Waals surface area contributed by atoms with Gasteiger partial charge in [0.05, 0.1) is 22.2 Å². The van der Waals surface area contributed by atoms with Gasteiger partial charge >= 0.3 is 0 Å². The van der Waals surface area contributed by atoms with Crippen molar-refractivity contribution in [2.45, 2.75) is 33.3 Å². The van der Waals surface area contributed by atoms with Crippen LogP contribution in [0.1, 0.15) is 28.9 Å². The summed E-state index contributed by atoms with van der Waals surface area (Å²) < 4.78 is 0. The summed E-state index contributed by atoms with van der Waals surface area (Å²) in [4.78, 5) is 5.34. The van der Waals surface area contributed by atoms with E-state index in [0.29, 0.717) is 0 Å². The standard InChI is InChI=1S/C8H13NOS/c1-3-4-8-9-6(2)7(5-10)11-8/h10H,3-5H2,1-2H3. The molecule has 0 bridgehead atoms. The molecule has 3 heteroatoms. The van der Waals surface area contributed by atoms with Gasteiger partial charge in [0, 0.05) is 0 Å². The smallest absolute Gasteiger partial charge is 0.0931 e. The molecule has 1 aromatic rings.